The van der Waals surface area contributed by atoms with Crippen LogP contribution >= 0.6 is 15.3 Å². The first-order valence-electron chi connectivity index (χ1n) is 11.4. The average Bonchev–Trinajstić information content (AvgIpc) is 2.92. The maximum atomic E-state index is 12.7. The van der Waals surface area contributed by atoms with Crippen molar-refractivity contribution in [2.75, 3.05) is 0 Å². The third-order valence-corrected chi connectivity index (χ3v) is 8.23. The van der Waals surface area contributed by atoms with E-state index in [1.807, 2.05) is 24.3 Å². The van der Waals surface area contributed by atoms with Gasteiger partial charge in [-0.3, -0.25) is 0 Å². The summed E-state index contributed by atoms with van der Waals surface area (Å²) in [4.78, 5) is 25.0. The van der Waals surface area contributed by atoms with E-state index in [0.29, 0.717) is 21.9 Å². The quantitative estimate of drug-likeness (QED) is 0.0952. The molecule has 4 aromatic carbocycles. The third-order valence-electron chi connectivity index (χ3n) is 5.86. The zero-order valence-electron chi connectivity index (χ0n) is 19.4. The molecule has 8 nitrogen and oxygen atoms in total. The second kappa shape index (κ2) is 9.67. The SMILES string of the molecule is O=C(/C=C\C(=O)Oc1cccc2c3ccccc3o[p+](=O)c12)Oc1cccc2c3ccccc3o[p+](=O)c12. The molecule has 2 unspecified atom stereocenters. The van der Waals surface area contributed by atoms with Gasteiger partial charge in [0.25, 0.3) is 10.2 Å². The highest BCUT2D eigenvalue weighted by Gasteiger charge is 2.24. The van der Waals surface area contributed by atoms with Gasteiger partial charge in [-0.2, -0.15) is 0 Å². The highest BCUT2D eigenvalue weighted by Crippen LogP contribution is 2.42. The standard InChI is InChI=1S/C28H16O8P2/c29-25(33-23-13-5-9-19-17-7-1-3-11-21(17)35-37(31)27(19)23)15-16-26(30)34-24-14-6-10-20-18-8-2-4-12-22(18)36-38(32)28(20)24/h1-16H/q+2/b16-15-. The van der Waals surface area contributed by atoms with E-state index in [-0.39, 0.29) is 21.7 Å². The number of hydrogen-bond acceptors (Lipinski definition) is 8. The smallest absolute Gasteiger partial charge is 0.418 e. The molecule has 2 heterocycles. The maximum absolute atomic E-state index is 12.7. The predicted molar refractivity (Wildman–Crippen MR) is 143 cm³/mol. The van der Waals surface area contributed by atoms with E-state index >= 15 is 0 Å². The number of ether oxygens (including phenoxy) is 2. The number of rotatable bonds is 4. The summed E-state index contributed by atoms with van der Waals surface area (Å²) < 4.78 is 47.3. The zero-order valence-corrected chi connectivity index (χ0v) is 21.2. The molecule has 10 heteroatoms. The summed E-state index contributed by atoms with van der Waals surface area (Å²) >= 11 is 0. The van der Waals surface area contributed by atoms with Crippen molar-refractivity contribution in [3.05, 3.63) is 97.1 Å². The lowest BCUT2D eigenvalue weighted by molar-refractivity contribution is -0.131. The van der Waals surface area contributed by atoms with Crippen LogP contribution in [0.4, 0.5) is 0 Å². The van der Waals surface area contributed by atoms with Gasteiger partial charge in [-0.25, -0.2) is 18.0 Å². The van der Waals surface area contributed by atoms with Crippen molar-refractivity contribution < 1.29 is 36.6 Å². The fourth-order valence-corrected chi connectivity index (χ4v) is 6.49. The Morgan fingerprint density at radius 3 is 1.39 bits per heavy atom. The van der Waals surface area contributed by atoms with Gasteiger partial charge in [-0.05, 0) is 45.5 Å². The van der Waals surface area contributed by atoms with Crippen molar-refractivity contribution >= 4 is 70.2 Å². The summed E-state index contributed by atoms with van der Waals surface area (Å²) in [6.07, 6.45) is 1.79. The lowest BCUT2D eigenvalue weighted by Gasteiger charge is -2.03. The molecular formula is C28H16O8P2+2. The van der Waals surface area contributed by atoms with Gasteiger partial charge in [0.1, 0.15) is 0 Å². The van der Waals surface area contributed by atoms with Crippen molar-refractivity contribution in [2.24, 2.45) is 0 Å². The number of fused-ring (bicyclic) bond motifs is 6. The van der Waals surface area contributed by atoms with E-state index in [4.69, 9.17) is 17.9 Å². The van der Waals surface area contributed by atoms with Crippen LogP contribution < -0.4 is 9.47 Å². The molecule has 2 atom stereocenters. The summed E-state index contributed by atoms with van der Waals surface area (Å²) in [6.45, 7) is 0. The third kappa shape index (κ3) is 4.26. The minimum atomic E-state index is -2.31. The first-order chi connectivity index (χ1) is 18.5. The Bertz CT molecular complexity index is 1930. The van der Waals surface area contributed by atoms with Gasteiger partial charge in [0.2, 0.25) is 0 Å². The van der Waals surface area contributed by atoms with Crippen LogP contribution in [0.1, 0.15) is 0 Å². The molecule has 2 aromatic heterocycles. The molecule has 0 bridgehead atoms. The van der Waals surface area contributed by atoms with Gasteiger partial charge in [-0.15, -0.1) is 0 Å². The van der Waals surface area contributed by atoms with Crippen LogP contribution in [0, 0.1) is 0 Å². The van der Waals surface area contributed by atoms with E-state index in [9.17, 15) is 18.7 Å². The number of hydrogen-bond donors (Lipinski definition) is 0. The lowest BCUT2D eigenvalue weighted by atomic mass is 10.1. The van der Waals surface area contributed by atoms with E-state index in [1.54, 1.807) is 48.5 Å². The van der Waals surface area contributed by atoms with E-state index in [1.165, 1.54) is 12.1 Å². The molecule has 0 aliphatic rings. The second-order valence-corrected chi connectivity index (χ2v) is 10.5. The van der Waals surface area contributed by atoms with Crippen LogP contribution in [0.3, 0.4) is 0 Å². The fraction of sp³-hybridized carbons (Fsp3) is 0. The largest absolute Gasteiger partial charge is 0.601 e. The van der Waals surface area contributed by atoms with Crippen LogP contribution in [-0.4, -0.2) is 11.9 Å². The number of carbonyl (C=O) groups is 2. The number of carbonyl (C=O) groups excluding carboxylic acids is 2. The monoisotopic (exact) mass is 542 g/mol. The van der Waals surface area contributed by atoms with Crippen LogP contribution in [-0.2, 0) is 18.7 Å². The minimum absolute atomic E-state index is 0.0612. The Kier molecular flexibility index (Phi) is 6.04. The molecule has 38 heavy (non-hydrogen) atoms. The molecule has 184 valence electrons. The maximum Gasteiger partial charge on any atom is 0.601 e. The van der Waals surface area contributed by atoms with Crippen molar-refractivity contribution in [2.45, 2.75) is 0 Å². The van der Waals surface area contributed by atoms with Gasteiger partial charge in [0.15, 0.2) is 22.7 Å². The fourth-order valence-electron chi connectivity index (χ4n) is 4.25. The van der Waals surface area contributed by atoms with Crippen LogP contribution in [0.2, 0.25) is 0 Å². The molecule has 0 spiro atoms. The van der Waals surface area contributed by atoms with Gasteiger partial charge >= 0.3 is 27.2 Å². The van der Waals surface area contributed by atoms with Gasteiger partial charge in [0, 0.05) is 33.7 Å². The zero-order chi connectivity index (χ0) is 26.2. The van der Waals surface area contributed by atoms with Crippen LogP contribution in [0.25, 0.3) is 42.9 Å². The predicted octanol–water partition coefficient (Wildman–Crippen LogP) is 8.04. The van der Waals surface area contributed by atoms with Crippen LogP contribution in [0.5, 0.6) is 11.5 Å². The topological polar surface area (TPSA) is 113 Å². The Morgan fingerprint density at radius 2 is 0.947 bits per heavy atom. The first-order valence-corrected chi connectivity index (χ1v) is 13.7. The molecule has 0 saturated carbocycles. The molecule has 0 amide bonds. The molecular weight excluding hydrogens is 526 g/mol. The van der Waals surface area contributed by atoms with Crippen molar-refractivity contribution in [3.8, 4) is 11.5 Å². The minimum Gasteiger partial charge on any atom is -0.418 e. The molecule has 0 aliphatic carbocycles. The molecule has 0 radical (unpaired) electrons. The summed E-state index contributed by atoms with van der Waals surface area (Å²) in [5.74, 6) is -1.63. The Balaban J connectivity index is 1.26. The van der Waals surface area contributed by atoms with Gasteiger partial charge < -0.3 is 9.47 Å². The van der Waals surface area contributed by atoms with E-state index in [2.05, 4.69) is 0 Å². The summed E-state index contributed by atoms with van der Waals surface area (Å²) in [5, 5.41) is 3.23. The van der Waals surface area contributed by atoms with Gasteiger partial charge in [0.05, 0.1) is 0 Å². The van der Waals surface area contributed by atoms with E-state index in [0.717, 1.165) is 22.9 Å². The molecule has 0 saturated heterocycles. The average molecular weight is 542 g/mol. The Morgan fingerprint density at radius 1 is 0.553 bits per heavy atom. The second-order valence-electron chi connectivity index (χ2n) is 8.17. The number of benzene rings is 4. The molecule has 6 aromatic rings. The Hall–Kier alpha value is -4.64. The highest BCUT2D eigenvalue weighted by atomic mass is 31.1. The number of para-hydroxylation sites is 2. The van der Waals surface area contributed by atoms with Crippen molar-refractivity contribution in [3.63, 3.8) is 0 Å². The van der Waals surface area contributed by atoms with E-state index < -0.39 is 27.2 Å². The normalized spacial score (nSPS) is 12.4. The van der Waals surface area contributed by atoms with Gasteiger partial charge in [-0.1, -0.05) is 48.5 Å². The summed E-state index contributed by atoms with van der Waals surface area (Å²) in [6, 6.07) is 24.1. The van der Waals surface area contributed by atoms with Crippen molar-refractivity contribution in [1.29, 1.82) is 0 Å². The number of esters is 2. The Labute approximate surface area is 215 Å². The summed E-state index contributed by atoms with van der Waals surface area (Å²) in [7, 11) is -4.62. The summed E-state index contributed by atoms with van der Waals surface area (Å²) in [5.41, 5.74) is 0.955. The van der Waals surface area contributed by atoms with Crippen LogP contribution in [0.15, 0.2) is 105 Å². The highest BCUT2D eigenvalue weighted by molar-refractivity contribution is 7.37. The molecule has 6 rings (SSSR count). The molecule has 0 N–H and O–H groups in total. The first kappa shape index (κ1) is 23.7. The lowest BCUT2D eigenvalue weighted by Crippen LogP contribution is -2.08. The molecule has 0 aliphatic heterocycles. The molecule has 0 fully saturated rings. The van der Waals surface area contributed by atoms with Crippen molar-refractivity contribution in [1.82, 2.24) is 0 Å².